The normalized spacial score (nSPS) is 13.2. The molecule has 1 aromatic rings. The van der Waals surface area contributed by atoms with Crippen LogP contribution in [0.5, 0.6) is 0 Å². The first-order valence-electron chi connectivity index (χ1n) is 7.10. The van der Waals surface area contributed by atoms with Gasteiger partial charge in [-0.2, -0.15) is 5.10 Å². The molecule has 0 spiro atoms. The second-order valence-electron chi connectivity index (χ2n) is 4.73. The number of rotatable bonds is 9. The Morgan fingerprint density at radius 2 is 2.00 bits per heavy atom. The van der Waals surface area contributed by atoms with Gasteiger partial charge in [0, 0.05) is 17.6 Å². The van der Waals surface area contributed by atoms with Gasteiger partial charge in [-0.05, 0) is 38.3 Å². The van der Waals surface area contributed by atoms with Crippen LogP contribution in [0.3, 0.4) is 0 Å². The summed E-state index contributed by atoms with van der Waals surface area (Å²) >= 11 is 3.65. The number of nitrogens with one attached hydrogen (secondary N) is 1. The molecule has 1 N–H and O–H groups in total. The quantitative estimate of drug-likeness (QED) is 0.553. The Hall–Kier alpha value is -0.350. The fraction of sp³-hybridized carbons (Fsp3) is 0.786. The van der Waals surface area contributed by atoms with Crippen LogP contribution >= 0.6 is 15.9 Å². The van der Waals surface area contributed by atoms with Crippen molar-refractivity contribution in [1.29, 1.82) is 0 Å². The minimum atomic E-state index is 0.547. The zero-order valence-corrected chi connectivity index (χ0v) is 13.4. The predicted octanol–water partition coefficient (Wildman–Crippen LogP) is 3.90. The second-order valence-corrected chi connectivity index (χ2v) is 6.02. The van der Waals surface area contributed by atoms with Crippen LogP contribution in [0.1, 0.15) is 58.2 Å². The van der Waals surface area contributed by atoms with Gasteiger partial charge >= 0.3 is 0 Å². The van der Waals surface area contributed by atoms with Crippen molar-refractivity contribution < 1.29 is 0 Å². The van der Waals surface area contributed by atoms with Gasteiger partial charge in [-0.3, -0.25) is 4.68 Å². The average molecular weight is 316 g/mol. The van der Waals surface area contributed by atoms with Crippen LogP contribution in [-0.4, -0.2) is 21.2 Å². The second kappa shape index (κ2) is 8.70. The van der Waals surface area contributed by atoms with Gasteiger partial charge in [0.1, 0.15) is 0 Å². The molecule has 0 bridgehead atoms. The minimum Gasteiger partial charge on any atom is -0.311 e. The van der Waals surface area contributed by atoms with Gasteiger partial charge in [0.25, 0.3) is 0 Å². The van der Waals surface area contributed by atoms with Crippen LogP contribution < -0.4 is 5.32 Å². The zero-order chi connectivity index (χ0) is 13.4. The summed E-state index contributed by atoms with van der Waals surface area (Å²) in [4.78, 5) is 0.632. The van der Waals surface area contributed by atoms with Crippen LogP contribution in [0.2, 0.25) is 0 Å². The van der Waals surface area contributed by atoms with Gasteiger partial charge in [0.2, 0.25) is 0 Å². The fourth-order valence-electron chi connectivity index (χ4n) is 2.02. The molecular weight excluding hydrogens is 290 g/mol. The highest BCUT2D eigenvalue weighted by molar-refractivity contribution is 9.09. The number of nitrogens with zero attached hydrogens (tertiary/aromatic N) is 2. The minimum absolute atomic E-state index is 0.547. The Morgan fingerprint density at radius 3 is 2.61 bits per heavy atom. The van der Waals surface area contributed by atoms with E-state index in [0.29, 0.717) is 10.9 Å². The standard InChI is InChI=1S/C14H26BrN3/c1-4-12(15)7-9-16-11-13-8-10-18(17-13)14(5-2)6-3/h8,10,12,14,16H,4-7,9,11H2,1-3H3. The Kier molecular flexibility index (Phi) is 7.59. The van der Waals surface area contributed by atoms with E-state index in [0.717, 1.165) is 31.6 Å². The van der Waals surface area contributed by atoms with Crippen molar-refractivity contribution in [2.24, 2.45) is 0 Å². The Labute approximate surface area is 119 Å². The predicted molar refractivity (Wildman–Crippen MR) is 81.2 cm³/mol. The molecule has 18 heavy (non-hydrogen) atoms. The lowest BCUT2D eigenvalue weighted by atomic mass is 10.2. The average Bonchev–Trinajstić information content (AvgIpc) is 2.84. The van der Waals surface area contributed by atoms with E-state index >= 15 is 0 Å². The van der Waals surface area contributed by atoms with Gasteiger partial charge in [0.15, 0.2) is 0 Å². The van der Waals surface area contributed by atoms with Crippen LogP contribution in [-0.2, 0) is 6.54 Å². The van der Waals surface area contributed by atoms with E-state index in [-0.39, 0.29) is 0 Å². The molecule has 4 heteroatoms. The first kappa shape index (κ1) is 15.7. The van der Waals surface area contributed by atoms with Gasteiger partial charge < -0.3 is 5.32 Å². The molecule has 0 fully saturated rings. The maximum absolute atomic E-state index is 4.63. The Balaban J connectivity index is 2.31. The van der Waals surface area contributed by atoms with E-state index in [1.807, 2.05) is 0 Å². The first-order valence-corrected chi connectivity index (χ1v) is 8.01. The molecule has 1 aromatic heterocycles. The third-order valence-electron chi connectivity index (χ3n) is 3.36. The molecule has 0 radical (unpaired) electrons. The molecule has 1 rings (SSSR count). The topological polar surface area (TPSA) is 29.9 Å². The molecule has 0 saturated heterocycles. The summed E-state index contributed by atoms with van der Waals surface area (Å²) in [6.07, 6.45) is 6.75. The molecule has 0 saturated carbocycles. The summed E-state index contributed by atoms with van der Waals surface area (Å²) in [6, 6.07) is 2.67. The molecule has 1 unspecified atom stereocenters. The van der Waals surface area contributed by atoms with Crippen molar-refractivity contribution in [2.45, 2.75) is 63.9 Å². The Morgan fingerprint density at radius 1 is 1.28 bits per heavy atom. The molecule has 0 aliphatic heterocycles. The van der Waals surface area contributed by atoms with Crippen molar-refractivity contribution in [1.82, 2.24) is 15.1 Å². The Bertz CT molecular complexity index is 321. The highest BCUT2D eigenvalue weighted by Crippen LogP contribution is 2.14. The molecule has 0 aliphatic rings. The number of alkyl halides is 1. The summed E-state index contributed by atoms with van der Waals surface area (Å²) in [5, 5.41) is 8.08. The summed E-state index contributed by atoms with van der Waals surface area (Å²) in [6.45, 7) is 8.55. The third kappa shape index (κ3) is 5.11. The van der Waals surface area contributed by atoms with Gasteiger partial charge in [-0.15, -0.1) is 0 Å². The van der Waals surface area contributed by atoms with Gasteiger partial charge in [-0.1, -0.05) is 36.7 Å². The maximum atomic E-state index is 4.63. The molecular formula is C14H26BrN3. The van der Waals surface area contributed by atoms with Crippen LogP contribution in [0.4, 0.5) is 0 Å². The lowest BCUT2D eigenvalue weighted by molar-refractivity contribution is 0.424. The largest absolute Gasteiger partial charge is 0.311 e. The van der Waals surface area contributed by atoms with Crippen LogP contribution in [0.25, 0.3) is 0 Å². The maximum Gasteiger partial charge on any atom is 0.0762 e. The monoisotopic (exact) mass is 315 g/mol. The molecule has 0 aliphatic carbocycles. The number of aromatic nitrogens is 2. The van der Waals surface area contributed by atoms with E-state index in [1.54, 1.807) is 0 Å². The van der Waals surface area contributed by atoms with E-state index < -0.39 is 0 Å². The number of hydrogen-bond donors (Lipinski definition) is 1. The molecule has 3 nitrogen and oxygen atoms in total. The summed E-state index contributed by atoms with van der Waals surface area (Å²) < 4.78 is 2.11. The lowest BCUT2D eigenvalue weighted by Gasteiger charge is -2.12. The number of halogens is 1. The highest BCUT2D eigenvalue weighted by Gasteiger charge is 2.07. The van der Waals surface area contributed by atoms with Crippen molar-refractivity contribution in [2.75, 3.05) is 6.54 Å². The van der Waals surface area contributed by atoms with Crippen LogP contribution in [0, 0.1) is 0 Å². The first-order chi connectivity index (χ1) is 8.71. The van der Waals surface area contributed by atoms with Crippen molar-refractivity contribution in [3.05, 3.63) is 18.0 Å². The van der Waals surface area contributed by atoms with E-state index in [4.69, 9.17) is 0 Å². The van der Waals surface area contributed by atoms with E-state index in [9.17, 15) is 0 Å². The fourth-order valence-corrected chi connectivity index (χ4v) is 2.25. The summed E-state index contributed by atoms with van der Waals surface area (Å²) in [7, 11) is 0. The van der Waals surface area contributed by atoms with Gasteiger partial charge in [-0.25, -0.2) is 0 Å². The van der Waals surface area contributed by atoms with Crippen molar-refractivity contribution >= 4 is 15.9 Å². The van der Waals surface area contributed by atoms with Gasteiger partial charge in [0.05, 0.1) is 11.7 Å². The highest BCUT2D eigenvalue weighted by atomic mass is 79.9. The van der Waals surface area contributed by atoms with E-state index in [1.165, 1.54) is 12.8 Å². The molecule has 0 aromatic carbocycles. The van der Waals surface area contributed by atoms with Crippen LogP contribution in [0.15, 0.2) is 12.3 Å². The smallest absolute Gasteiger partial charge is 0.0762 e. The SMILES string of the molecule is CCC(Br)CCNCc1ccn(C(CC)CC)n1. The lowest BCUT2D eigenvalue weighted by Crippen LogP contribution is -2.18. The third-order valence-corrected chi connectivity index (χ3v) is 4.47. The number of hydrogen-bond acceptors (Lipinski definition) is 2. The summed E-state index contributed by atoms with van der Waals surface area (Å²) in [5.74, 6) is 0. The molecule has 104 valence electrons. The molecule has 1 atom stereocenters. The van der Waals surface area contributed by atoms with E-state index in [2.05, 4.69) is 64.1 Å². The zero-order valence-electron chi connectivity index (χ0n) is 11.8. The summed E-state index contributed by atoms with van der Waals surface area (Å²) in [5.41, 5.74) is 1.14. The molecule has 0 amide bonds. The van der Waals surface area contributed by atoms with Crippen molar-refractivity contribution in [3.63, 3.8) is 0 Å². The van der Waals surface area contributed by atoms with Crippen molar-refractivity contribution in [3.8, 4) is 0 Å². The molecule has 1 heterocycles.